The Balaban J connectivity index is 1.43. The Morgan fingerprint density at radius 2 is 1.93 bits per heavy atom. The molecule has 0 saturated heterocycles. The minimum atomic E-state index is 0.157. The van der Waals surface area contributed by atoms with Gasteiger partial charge in [0.05, 0.1) is 12.6 Å². The summed E-state index contributed by atoms with van der Waals surface area (Å²) in [6.07, 6.45) is 5.52. The predicted octanol–water partition coefficient (Wildman–Crippen LogP) is 2.80. The van der Waals surface area contributed by atoms with Gasteiger partial charge in [0.2, 0.25) is 5.91 Å². The molecule has 0 aliphatic carbocycles. The van der Waals surface area contributed by atoms with Crippen LogP contribution in [0.4, 0.5) is 0 Å². The summed E-state index contributed by atoms with van der Waals surface area (Å²) in [6.45, 7) is 3.35. The van der Waals surface area contributed by atoms with E-state index in [1.807, 2.05) is 41.4 Å². The normalized spacial score (nSPS) is 16.2. The Bertz CT molecular complexity index is 907. The van der Waals surface area contributed by atoms with E-state index in [0.717, 1.165) is 23.6 Å². The Morgan fingerprint density at radius 1 is 1.11 bits per heavy atom. The lowest BCUT2D eigenvalue weighted by Gasteiger charge is -2.32. The SMILES string of the molecule is C[C@H]1CN(C(=O)CCc2cccnc2)Cc2nnc(Cc3ccccc3)n21. The highest BCUT2D eigenvalue weighted by Gasteiger charge is 2.28. The summed E-state index contributed by atoms with van der Waals surface area (Å²) >= 11 is 0. The minimum Gasteiger partial charge on any atom is -0.333 e. The lowest BCUT2D eigenvalue weighted by atomic mass is 10.1. The van der Waals surface area contributed by atoms with E-state index in [0.29, 0.717) is 25.9 Å². The molecular formula is C21H23N5O. The Kier molecular flexibility index (Phi) is 4.96. The molecule has 0 N–H and O–H groups in total. The van der Waals surface area contributed by atoms with E-state index < -0.39 is 0 Å². The molecule has 2 aromatic heterocycles. The average molecular weight is 361 g/mol. The van der Waals surface area contributed by atoms with Gasteiger partial charge in [-0.15, -0.1) is 10.2 Å². The van der Waals surface area contributed by atoms with Gasteiger partial charge in [-0.25, -0.2) is 0 Å². The molecule has 0 bridgehead atoms. The van der Waals surface area contributed by atoms with Crippen LogP contribution in [0.25, 0.3) is 0 Å². The van der Waals surface area contributed by atoms with E-state index in [2.05, 4.69) is 38.8 Å². The Morgan fingerprint density at radius 3 is 2.70 bits per heavy atom. The summed E-state index contributed by atoms with van der Waals surface area (Å²) < 4.78 is 2.19. The van der Waals surface area contributed by atoms with Crippen LogP contribution in [0.3, 0.4) is 0 Å². The zero-order valence-electron chi connectivity index (χ0n) is 15.5. The summed E-state index contributed by atoms with van der Waals surface area (Å²) in [6, 6.07) is 14.4. The molecule has 0 spiro atoms. The second-order valence-corrected chi connectivity index (χ2v) is 7.05. The Labute approximate surface area is 158 Å². The van der Waals surface area contributed by atoms with Gasteiger partial charge in [0.1, 0.15) is 5.82 Å². The first-order chi connectivity index (χ1) is 13.2. The zero-order chi connectivity index (χ0) is 18.6. The summed E-state index contributed by atoms with van der Waals surface area (Å²) in [4.78, 5) is 18.7. The number of benzene rings is 1. The molecule has 1 atom stereocenters. The van der Waals surface area contributed by atoms with Crippen molar-refractivity contribution in [3.63, 3.8) is 0 Å². The van der Waals surface area contributed by atoms with Crippen molar-refractivity contribution in [2.24, 2.45) is 0 Å². The molecule has 4 rings (SSSR count). The van der Waals surface area contributed by atoms with Crippen LogP contribution in [0.15, 0.2) is 54.9 Å². The van der Waals surface area contributed by atoms with E-state index >= 15 is 0 Å². The second-order valence-electron chi connectivity index (χ2n) is 7.05. The maximum Gasteiger partial charge on any atom is 0.223 e. The molecule has 0 fully saturated rings. The van der Waals surface area contributed by atoms with Gasteiger partial charge in [-0.2, -0.15) is 0 Å². The molecule has 0 saturated carbocycles. The number of carbonyl (C=O) groups is 1. The molecule has 6 nitrogen and oxygen atoms in total. The number of rotatable bonds is 5. The maximum absolute atomic E-state index is 12.7. The van der Waals surface area contributed by atoms with Gasteiger partial charge in [-0.3, -0.25) is 9.78 Å². The van der Waals surface area contributed by atoms with Crippen LogP contribution in [0.5, 0.6) is 0 Å². The molecule has 0 unspecified atom stereocenters. The first-order valence-corrected chi connectivity index (χ1v) is 9.34. The van der Waals surface area contributed by atoms with Crippen molar-refractivity contribution < 1.29 is 4.79 Å². The van der Waals surface area contributed by atoms with Crippen LogP contribution < -0.4 is 0 Å². The molecule has 6 heteroatoms. The van der Waals surface area contributed by atoms with Crippen molar-refractivity contribution in [1.29, 1.82) is 0 Å². The highest BCUT2D eigenvalue weighted by molar-refractivity contribution is 5.76. The number of hydrogen-bond donors (Lipinski definition) is 0. The maximum atomic E-state index is 12.7. The van der Waals surface area contributed by atoms with Crippen molar-refractivity contribution in [3.05, 3.63) is 77.6 Å². The van der Waals surface area contributed by atoms with Crippen molar-refractivity contribution in [3.8, 4) is 0 Å². The van der Waals surface area contributed by atoms with Crippen LogP contribution in [-0.4, -0.2) is 37.1 Å². The van der Waals surface area contributed by atoms with Gasteiger partial charge in [-0.1, -0.05) is 36.4 Å². The van der Waals surface area contributed by atoms with E-state index in [-0.39, 0.29) is 11.9 Å². The number of aromatic nitrogens is 4. The minimum absolute atomic E-state index is 0.157. The first-order valence-electron chi connectivity index (χ1n) is 9.34. The predicted molar refractivity (Wildman–Crippen MR) is 102 cm³/mol. The van der Waals surface area contributed by atoms with Crippen molar-refractivity contribution in [1.82, 2.24) is 24.6 Å². The Hall–Kier alpha value is -3.02. The summed E-state index contributed by atoms with van der Waals surface area (Å²) in [5.74, 6) is 1.99. The molecule has 1 aliphatic rings. The lowest BCUT2D eigenvalue weighted by Crippen LogP contribution is -2.40. The standard InChI is InChI=1S/C21H23N5O/c1-16-14-25(21(27)10-9-18-8-5-11-22-13-18)15-20-24-23-19(26(16)20)12-17-6-3-2-4-7-17/h2-8,11,13,16H,9-10,12,14-15H2,1H3/t16-/m0/s1. The number of pyridine rings is 1. The third-order valence-electron chi connectivity index (χ3n) is 5.00. The zero-order valence-corrected chi connectivity index (χ0v) is 15.5. The van der Waals surface area contributed by atoms with Crippen molar-refractivity contribution >= 4 is 5.91 Å². The molecule has 1 amide bonds. The molecule has 0 radical (unpaired) electrons. The molecule has 1 aliphatic heterocycles. The smallest absolute Gasteiger partial charge is 0.223 e. The molecule has 3 heterocycles. The first kappa shape index (κ1) is 17.4. The van der Waals surface area contributed by atoms with Crippen molar-refractivity contribution in [2.75, 3.05) is 6.54 Å². The number of carbonyl (C=O) groups excluding carboxylic acids is 1. The van der Waals surface area contributed by atoms with Crippen LogP contribution in [0, 0.1) is 0 Å². The second kappa shape index (κ2) is 7.70. The fourth-order valence-corrected chi connectivity index (χ4v) is 3.66. The number of fused-ring (bicyclic) bond motifs is 1. The highest BCUT2D eigenvalue weighted by Crippen LogP contribution is 2.23. The van der Waals surface area contributed by atoms with Gasteiger partial charge in [0, 0.05) is 31.8 Å². The van der Waals surface area contributed by atoms with Crippen LogP contribution in [-0.2, 0) is 24.2 Å². The number of aryl methyl sites for hydroxylation is 1. The highest BCUT2D eigenvalue weighted by atomic mass is 16.2. The number of amides is 1. The van der Waals surface area contributed by atoms with Crippen LogP contribution in [0.2, 0.25) is 0 Å². The topological polar surface area (TPSA) is 63.9 Å². The van der Waals surface area contributed by atoms with Gasteiger partial charge >= 0.3 is 0 Å². The largest absolute Gasteiger partial charge is 0.333 e. The quantitative estimate of drug-likeness (QED) is 0.701. The monoisotopic (exact) mass is 361 g/mol. The summed E-state index contributed by atoms with van der Waals surface area (Å²) in [7, 11) is 0. The molecule has 1 aromatic carbocycles. The third kappa shape index (κ3) is 3.89. The van der Waals surface area contributed by atoms with E-state index in [1.165, 1.54) is 5.56 Å². The van der Waals surface area contributed by atoms with Gasteiger partial charge in [0.25, 0.3) is 0 Å². The molecule has 3 aromatic rings. The van der Waals surface area contributed by atoms with E-state index in [1.54, 1.807) is 6.20 Å². The van der Waals surface area contributed by atoms with E-state index in [4.69, 9.17) is 0 Å². The van der Waals surface area contributed by atoms with Gasteiger partial charge in [-0.05, 0) is 30.5 Å². The summed E-state index contributed by atoms with van der Waals surface area (Å²) in [5.41, 5.74) is 2.30. The van der Waals surface area contributed by atoms with Crippen LogP contribution in [0.1, 0.15) is 42.2 Å². The molecule has 27 heavy (non-hydrogen) atoms. The fraction of sp³-hybridized carbons (Fsp3) is 0.333. The average Bonchev–Trinajstić information content (AvgIpc) is 3.11. The lowest BCUT2D eigenvalue weighted by molar-refractivity contribution is -0.133. The molecule has 138 valence electrons. The van der Waals surface area contributed by atoms with Gasteiger partial charge in [0.15, 0.2) is 5.82 Å². The van der Waals surface area contributed by atoms with Crippen molar-refractivity contribution in [2.45, 2.75) is 38.8 Å². The van der Waals surface area contributed by atoms with Gasteiger partial charge < -0.3 is 9.47 Å². The summed E-state index contributed by atoms with van der Waals surface area (Å²) in [5, 5.41) is 8.76. The van der Waals surface area contributed by atoms with Crippen LogP contribution >= 0.6 is 0 Å². The fourth-order valence-electron chi connectivity index (χ4n) is 3.66. The van der Waals surface area contributed by atoms with E-state index in [9.17, 15) is 4.79 Å². The molecular weight excluding hydrogens is 338 g/mol. The number of hydrogen-bond acceptors (Lipinski definition) is 4. The third-order valence-corrected chi connectivity index (χ3v) is 5.00. The number of nitrogens with zero attached hydrogens (tertiary/aromatic N) is 5.